The van der Waals surface area contributed by atoms with E-state index in [-0.39, 0.29) is 17.6 Å². The van der Waals surface area contributed by atoms with E-state index in [2.05, 4.69) is 12.2 Å². The van der Waals surface area contributed by atoms with E-state index in [4.69, 9.17) is 0 Å². The summed E-state index contributed by atoms with van der Waals surface area (Å²) in [5, 5.41) is 2.84. The Bertz CT molecular complexity index is 756. The van der Waals surface area contributed by atoms with Crippen LogP contribution in [0.2, 0.25) is 0 Å². The summed E-state index contributed by atoms with van der Waals surface area (Å²) in [5.41, 5.74) is 2.87. The van der Waals surface area contributed by atoms with Crippen molar-refractivity contribution in [3.05, 3.63) is 65.5 Å². The first-order valence-electron chi connectivity index (χ1n) is 8.51. The molecule has 2 aromatic carbocycles. The average Bonchev–Trinajstić information content (AvgIpc) is 3.02. The summed E-state index contributed by atoms with van der Waals surface area (Å²) in [5.74, 6) is -1.52. The SMILES string of the molecule is CCc1ccc(CNC(=O)[C@H]2CCN(c3ccc(F)cc3)C2=O)cc1. The van der Waals surface area contributed by atoms with Gasteiger partial charge in [-0.25, -0.2) is 4.39 Å². The Balaban J connectivity index is 1.59. The highest BCUT2D eigenvalue weighted by Gasteiger charge is 2.37. The van der Waals surface area contributed by atoms with Crippen molar-refractivity contribution in [1.82, 2.24) is 5.32 Å². The fraction of sp³-hybridized carbons (Fsp3) is 0.300. The van der Waals surface area contributed by atoms with Crippen LogP contribution in [0.15, 0.2) is 48.5 Å². The minimum Gasteiger partial charge on any atom is -0.351 e. The summed E-state index contributed by atoms with van der Waals surface area (Å²) in [6, 6.07) is 13.8. The summed E-state index contributed by atoms with van der Waals surface area (Å²) in [6.07, 6.45) is 1.44. The van der Waals surface area contributed by atoms with Gasteiger partial charge in [-0.2, -0.15) is 0 Å². The van der Waals surface area contributed by atoms with Crippen LogP contribution in [0.3, 0.4) is 0 Å². The summed E-state index contributed by atoms with van der Waals surface area (Å²) < 4.78 is 13.0. The van der Waals surface area contributed by atoms with Gasteiger partial charge in [-0.3, -0.25) is 9.59 Å². The Kier molecular flexibility index (Phi) is 5.12. The number of carbonyl (C=O) groups is 2. The maximum absolute atomic E-state index is 13.0. The first-order chi connectivity index (χ1) is 12.1. The molecule has 0 spiro atoms. The Labute approximate surface area is 146 Å². The van der Waals surface area contributed by atoms with Crippen LogP contribution in [0.4, 0.5) is 10.1 Å². The molecule has 3 rings (SSSR count). The van der Waals surface area contributed by atoms with Crippen LogP contribution in [0.5, 0.6) is 0 Å². The van der Waals surface area contributed by atoms with E-state index in [0.717, 1.165) is 12.0 Å². The second kappa shape index (κ2) is 7.47. The predicted molar refractivity (Wildman–Crippen MR) is 94.5 cm³/mol. The Morgan fingerprint density at radius 1 is 1.12 bits per heavy atom. The standard InChI is InChI=1S/C20H21FN2O2/c1-2-14-3-5-15(6-4-14)13-22-19(24)18-11-12-23(20(18)25)17-9-7-16(21)8-10-17/h3-10,18H,2,11-13H2,1H3,(H,22,24)/t18-/m1/s1. The van der Waals surface area contributed by atoms with Gasteiger partial charge in [0.15, 0.2) is 0 Å². The van der Waals surface area contributed by atoms with Crippen LogP contribution < -0.4 is 10.2 Å². The molecular formula is C20H21FN2O2. The number of hydrogen-bond acceptors (Lipinski definition) is 2. The molecule has 2 amide bonds. The van der Waals surface area contributed by atoms with Crippen LogP contribution in [0, 0.1) is 11.7 Å². The second-order valence-electron chi connectivity index (χ2n) is 6.20. The third kappa shape index (κ3) is 3.87. The minimum absolute atomic E-state index is 0.231. The third-order valence-electron chi connectivity index (χ3n) is 4.56. The lowest BCUT2D eigenvalue weighted by molar-refractivity contribution is -0.132. The van der Waals surface area contributed by atoms with Crippen LogP contribution in [0.25, 0.3) is 0 Å². The van der Waals surface area contributed by atoms with Crippen molar-refractivity contribution in [1.29, 1.82) is 0 Å². The number of rotatable bonds is 5. The summed E-state index contributed by atoms with van der Waals surface area (Å²) in [7, 11) is 0. The number of amides is 2. The van der Waals surface area contributed by atoms with Crippen LogP contribution in [0.1, 0.15) is 24.5 Å². The van der Waals surface area contributed by atoms with Crippen molar-refractivity contribution in [2.24, 2.45) is 5.92 Å². The second-order valence-corrected chi connectivity index (χ2v) is 6.20. The molecule has 130 valence electrons. The Morgan fingerprint density at radius 3 is 2.40 bits per heavy atom. The first kappa shape index (κ1) is 17.1. The average molecular weight is 340 g/mol. The van der Waals surface area contributed by atoms with Gasteiger partial charge in [0.2, 0.25) is 11.8 Å². The highest BCUT2D eigenvalue weighted by atomic mass is 19.1. The minimum atomic E-state index is -0.681. The van der Waals surface area contributed by atoms with Gasteiger partial charge in [-0.15, -0.1) is 0 Å². The summed E-state index contributed by atoms with van der Waals surface area (Å²) in [6.45, 7) is 2.96. The zero-order valence-electron chi connectivity index (χ0n) is 14.2. The lowest BCUT2D eigenvalue weighted by Crippen LogP contribution is -2.36. The number of halogens is 1. The van der Waals surface area contributed by atoms with E-state index in [0.29, 0.717) is 25.2 Å². The van der Waals surface area contributed by atoms with Crippen molar-refractivity contribution in [3.8, 4) is 0 Å². The molecule has 1 fully saturated rings. The van der Waals surface area contributed by atoms with E-state index < -0.39 is 5.92 Å². The number of carbonyl (C=O) groups excluding carboxylic acids is 2. The fourth-order valence-corrected chi connectivity index (χ4v) is 3.01. The van der Waals surface area contributed by atoms with Gasteiger partial charge in [0.25, 0.3) is 0 Å². The van der Waals surface area contributed by atoms with Crippen molar-refractivity contribution in [2.45, 2.75) is 26.3 Å². The van der Waals surface area contributed by atoms with E-state index in [1.54, 1.807) is 17.0 Å². The smallest absolute Gasteiger partial charge is 0.239 e. The molecule has 1 heterocycles. The number of benzene rings is 2. The summed E-state index contributed by atoms with van der Waals surface area (Å²) >= 11 is 0. The molecular weight excluding hydrogens is 319 g/mol. The van der Waals surface area contributed by atoms with E-state index >= 15 is 0 Å². The van der Waals surface area contributed by atoms with Crippen LogP contribution in [-0.4, -0.2) is 18.4 Å². The molecule has 1 saturated heterocycles. The van der Waals surface area contributed by atoms with Gasteiger partial charge in [0.05, 0.1) is 0 Å². The fourth-order valence-electron chi connectivity index (χ4n) is 3.01. The van der Waals surface area contributed by atoms with E-state index in [1.165, 1.54) is 17.7 Å². The van der Waals surface area contributed by atoms with Crippen LogP contribution in [-0.2, 0) is 22.6 Å². The molecule has 1 aliphatic heterocycles. The number of nitrogens with one attached hydrogen (secondary N) is 1. The molecule has 1 N–H and O–H groups in total. The molecule has 0 unspecified atom stereocenters. The lowest BCUT2D eigenvalue weighted by atomic mass is 10.1. The van der Waals surface area contributed by atoms with Gasteiger partial charge in [-0.1, -0.05) is 31.2 Å². The molecule has 0 bridgehead atoms. The molecule has 0 saturated carbocycles. The lowest BCUT2D eigenvalue weighted by Gasteiger charge is -2.16. The maximum atomic E-state index is 13.0. The first-order valence-corrected chi connectivity index (χ1v) is 8.51. The van der Waals surface area contributed by atoms with Gasteiger partial charge in [0.1, 0.15) is 11.7 Å². The normalized spacial score (nSPS) is 17.0. The van der Waals surface area contributed by atoms with Crippen molar-refractivity contribution in [2.75, 3.05) is 11.4 Å². The Morgan fingerprint density at radius 2 is 1.76 bits per heavy atom. The van der Waals surface area contributed by atoms with E-state index in [9.17, 15) is 14.0 Å². The van der Waals surface area contributed by atoms with Crippen molar-refractivity contribution < 1.29 is 14.0 Å². The molecule has 2 aromatic rings. The highest BCUT2D eigenvalue weighted by molar-refractivity contribution is 6.09. The molecule has 0 aromatic heterocycles. The highest BCUT2D eigenvalue weighted by Crippen LogP contribution is 2.25. The zero-order chi connectivity index (χ0) is 17.8. The topological polar surface area (TPSA) is 49.4 Å². The quantitative estimate of drug-likeness (QED) is 0.851. The van der Waals surface area contributed by atoms with Crippen LogP contribution >= 0.6 is 0 Å². The third-order valence-corrected chi connectivity index (χ3v) is 4.56. The summed E-state index contributed by atoms with van der Waals surface area (Å²) in [4.78, 5) is 26.4. The molecule has 5 heteroatoms. The monoisotopic (exact) mass is 340 g/mol. The molecule has 4 nitrogen and oxygen atoms in total. The maximum Gasteiger partial charge on any atom is 0.239 e. The van der Waals surface area contributed by atoms with Gasteiger partial charge in [-0.05, 0) is 48.2 Å². The molecule has 1 aliphatic rings. The Hall–Kier alpha value is -2.69. The van der Waals surface area contributed by atoms with Gasteiger partial charge < -0.3 is 10.2 Å². The molecule has 25 heavy (non-hydrogen) atoms. The molecule has 1 atom stereocenters. The van der Waals surface area contributed by atoms with Gasteiger partial charge in [0, 0.05) is 18.8 Å². The number of aryl methyl sites for hydroxylation is 1. The number of anilines is 1. The number of nitrogens with zero attached hydrogens (tertiary/aromatic N) is 1. The largest absolute Gasteiger partial charge is 0.351 e. The predicted octanol–water partition coefficient (Wildman–Crippen LogP) is 3.06. The number of hydrogen-bond donors (Lipinski definition) is 1. The van der Waals surface area contributed by atoms with Crippen molar-refractivity contribution in [3.63, 3.8) is 0 Å². The van der Waals surface area contributed by atoms with Crippen molar-refractivity contribution >= 4 is 17.5 Å². The zero-order valence-corrected chi connectivity index (χ0v) is 14.2. The molecule has 0 aliphatic carbocycles. The van der Waals surface area contributed by atoms with E-state index in [1.807, 2.05) is 24.3 Å². The molecule has 0 radical (unpaired) electrons. The van der Waals surface area contributed by atoms with Gasteiger partial charge >= 0.3 is 0 Å².